The fourth-order valence-electron chi connectivity index (χ4n) is 1.42. The van der Waals surface area contributed by atoms with Gasteiger partial charge in [0.25, 0.3) is 0 Å². The number of carbonyl (C=O) groups is 1. The van der Waals surface area contributed by atoms with Gasteiger partial charge in [0.2, 0.25) is 0 Å². The third kappa shape index (κ3) is 2.40. The van der Waals surface area contributed by atoms with Crippen LogP contribution in [0.25, 0.3) is 0 Å². The maximum atomic E-state index is 12.1. The minimum Gasteiger partial charge on any atom is -0.291 e. The first-order valence-electron chi connectivity index (χ1n) is 5.09. The van der Waals surface area contributed by atoms with Crippen LogP contribution in [0, 0.1) is 12.3 Å². The van der Waals surface area contributed by atoms with Gasteiger partial charge in [-0.25, -0.2) is 4.98 Å². The molecule has 1 unspecified atom stereocenters. The SMILES string of the molecule is C#Cc1cnc(C(=O)C(C)c2cccnc2)s1. The van der Waals surface area contributed by atoms with Crippen LogP contribution in [-0.2, 0) is 0 Å². The number of ketones is 1. The fourth-order valence-corrected chi connectivity index (χ4v) is 2.18. The summed E-state index contributed by atoms with van der Waals surface area (Å²) in [5.41, 5.74) is 0.884. The molecule has 2 aromatic rings. The second-order valence-electron chi connectivity index (χ2n) is 3.55. The van der Waals surface area contributed by atoms with Crippen molar-refractivity contribution in [2.45, 2.75) is 12.8 Å². The molecule has 0 aliphatic heterocycles. The van der Waals surface area contributed by atoms with Gasteiger partial charge in [-0.2, -0.15) is 0 Å². The smallest absolute Gasteiger partial charge is 0.198 e. The van der Waals surface area contributed by atoms with E-state index in [0.29, 0.717) is 9.88 Å². The number of thiazole rings is 1. The molecule has 0 amide bonds. The van der Waals surface area contributed by atoms with Crippen LogP contribution in [0.2, 0.25) is 0 Å². The zero-order valence-corrected chi connectivity index (χ0v) is 10.1. The number of nitrogens with zero attached hydrogens (tertiary/aromatic N) is 2. The third-order valence-electron chi connectivity index (χ3n) is 2.44. The van der Waals surface area contributed by atoms with Gasteiger partial charge in [0.15, 0.2) is 10.8 Å². The van der Waals surface area contributed by atoms with Crippen LogP contribution in [0.3, 0.4) is 0 Å². The Morgan fingerprint density at radius 1 is 1.53 bits per heavy atom. The molecule has 0 saturated carbocycles. The Balaban J connectivity index is 2.24. The monoisotopic (exact) mass is 242 g/mol. The fraction of sp³-hybridized carbons (Fsp3) is 0.154. The second kappa shape index (κ2) is 4.89. The molecule has 0 N–H and O–H groups in total. The summed E-state index contributed by atoms with van der Waals surface area (Å²) in [4.78, 5) is 20.8. The summed E-state index contributed by atoms with van der Waals surface area (Å²) in [6.07, 6.45) is 10.2. The lowest BCUT2D eigenvalue weighted by atomic mass is 9.99. The first-order chi connectivity index (χ1) is 8.22. The van der Waals surface area contributed by atoms with Gasteiger partial charge in [-0.3, -0.25) is 9.78 Å². The van der Waals surface area contributed by atoms with Crippen molar-refractivity contribution in [3.8, 4) is 12.3 Å². The molecule has 2 heterocycles. The third-order valence-corrected chi connectivity index (χ3v) is 3.38. The number of aromatic nitrogens is 2. The Kier molecular flexibility index (Phi) is 3.31. The molecule has 0 fully saturated rings. The predicted molar refractivity (Wildman–Crippen MR) is 67.0 cm³/mol. The average Bonchev–Trinajstić information content (AvgIpc) is 2.87. The van der Waals surface area contributed by atoms with Crippen LogP contribution in [-0.4, -0.2) is 15.8 Å². The molecule has 0 radical (unpaired) electrons. The quantitative estimate of drug-likeness (QED) is 0.613. The van der Waals surface area contributed by atoms with Crippen molar-refractivity contribution in [3.63, 3.8) is 0 Å². The Morgan fingerprint density at radius 2 is 2.35 bits per heavy atom. The minimum atomic E-state index is -0.250. The average molecular weight is 242 g/mol. The molecule has 2 aromatic heterocycles. The van der Waals surface area contributed by atoms with E-state index in [4.69, 9.17) is 6.42 Å². The molecule has 0 aliphatic carbocycles. The van der Waals surface area contributed by atoms with Crippen molar-refractivity contribution >= 4 is 17.1 Å². The normalized spacial score (nSPS) is 11.8. The zero-order chi connectivity index (χ0) is 12.3. The Hall–Kier alpha value is -1.99. The van der Waals surface area contributed by atoms with Crippen LogP contribution in [0.4, 0.5) is 0 Å². The summed E-state index contributed by atoms with van der Waals surface area (Å²) in [5.74, 6) is 2.20. The predicted octanol–water partition coefficient (Wildman–Crippen LogP) is 2.51. The maximum Gasteiger partial charge on any atom is 0.198 e. The van der Waals surface area contributed by atoms with E-state index >= 15 is 0 Å². The summed E-state index contributed by atoms with van der Waals surface area (Å²) in [7, 11) is 0. The van der Waals surface area contributed by atoms with E-state index in [1.54, 1.807) is 18.6 Å². The van der Waals surface area contributed by atoms with Gasteiger partial charge in [-0.15, -0.1) is 17.8 Å². The van der Waals surface area contributed by atoms with Gasteiger partial charge in [-0.1, -0.05) is 18.9 Å². The lowest BCUT2D eigenvalue weighted by Crippen LogP contribution is -2.09. The molecule has 3 nitrogen and oxygen atoms in total. The van der Waals surface area contributed by atoms with Crippen molar-refractivity contribution in [2.24, 2.45) is 0 Å². The summed E-state index contributed by atoms with van der Waals surface area (Å²) in [6.45, 7) is 1.84. The standard InChI is InChI=1S/C13H10N2OS/c1-3-11-8-15-13(17-11)12(16)9(2)10-5-4-6-14-7-10/h1,4-9H,2H3. The molecule has 84 valence electrons. The van der Waals surface area contributed by atoms with Crippen molar-refractivity contribution in [1.82, 2.24) is 9.97 Å². The van der Waals surface area contributed by atoms with E-state index in [-0.39, 0.29) is 11.7 Å². The van der Waals surface area contributed by atoms with Crippen molar-refractivity contribution < 1.29 is 4.79 Å². The molecular weight excluding hydrogens is 232 g/mol. The van der Waals surface area contributed by atoms with Crippen LogP contribution >= 0.6 is 11.3 Å². The van der Waals surface area contributed by atoms with E-state index in [2.05, 4.69) is 15.9 Å². The zero-order valence-electron chi connectivity index (χ0n) is 9.25. The Labute approximate surface area is 104 Å². The lowest BCUT2D eigenvalue weighted by Gasteiger charge is -2.07. The first-order valence-corrected chi connectivity index (χ1v) is 5.90. The molecular formula is C13H10N2OS. The van der Waals surface area contributed by atoms with E-state index in [1.165, 1.54) is 11.3 Å². The molecule has 17 heavy (non-hydrogen) atoms. The minimum absolute atomic E-state index is 0.0236. The number of pyridine rings is 1. The van der Waals surface area contributed by atoms with Gasteiger partial charge in [0.1, 0.15) is 0 Å². The molecule has 1 atom stereocenters. The molecule has 4 heteroatoms. The number of rotatable bonds is 3. The van der Waals surface area contributed by atoms with Gasteiger partial charge in [-0.05, 0) is 11.6 Å². The Bertz CT molecular complexity index is 569. The summed E-state index contributed by atoms with van der Waals surface area (Å²) >= 11 is 1.25. The number of Topliss-reactive ketones (excluding diaryl/α,β-unsaturated/α-hetero) is 1. The largest absolute Gasteiger partial charge is 0.291 e. The number of terminal acetylenes is 1. The van der Waals surface area contributed by atoms with Crippen molar-refractivity contribution in [1.29, 1.82) is 0 Å². The molecule has 0 aliphatic rings. The van der Waals surface area contributed by atoms with E-state index in [0.717, 1.165) is 5.56 Å². The number of hydrogen-bond donors (Lipinski definition) is 0. The van der Waals surface area contributed by atoms with Crippen LogP contribution < -0.4 is 0 Å². The van der Waals surface area contributed by atoms with Crippen molar-refractivity contribution in [2.75, 3.05) is 0 Å². The molecule has 2 rings (SSSR count). The van der Waals surface area contributed by atoms with E-state index in [1.807, 2.05) is 19.1 Å². The molecule has 0 bridgehead atoms. The van der Waals surface area contributed by atoms with Gasteiger partial charge >= 0.3 is 0 Å². The van der Waals surface area contributed by atoms with Gasteiger partial charge < -0.3 is 0 Å². The Morgan fingerprint density at radius 3 is 2.94 bits per heavy atom. The number of carbonyl (C=O) groups excluding carboxylic acids is 1. The highest BCUT2D eigenvalue weighted by atomic mass is 32.1. The van der Waals surface area contributed by atoms with Crippen LogP contribution in [0.1, 0.15) is 33.1 Å². The van der Waals surface area contributed by atoms with E-state index < -0.39 is 0 Å². The highest BCUT2D eigenvalue weighted by molar-refractivity contribution is 7.14. The molecule has 0 aromatic carbocycles. The second-order valence-corrected chi connectivity index (χ2v) is 4.58. The lowest BCUT2D eigenvalue weighted by molar-refractivity contribution is 0.0965. The van der Waals surface area contributed by atoms with Gasteiger partial charge in [0, 0.05) is 18.3 Å². The highest BCUT2D eigenvalue weighted by Crippen LogP contribution is 2.22. The van der Waals surface area contributed by atoms with Crippen LogP contribution in [0.15, 0.2) is 30.7 Å². The molecule has 0 saturated heterocycles. The van der Waals surface area contributed by atoms with Crippen LogP contribution in [0.5, 0.6) is 0 Å². The maximum absolute atomic E-state index is 12.1. The van der Waals surface area contributed by atoms with E-state index in [9.17, 15) is 4.79 Å². The first kappa shape index (κ1) is 11.5. The molecule has 0 spiro atoms. The number of hydrogen-bond acceptors (Lipinski definition) is 4. The van der Waals surface area contributed by atoms with Crippen molar-refractivity contribution in [3.05, 3.63) is 46.2 Å². The van der Waals surface area contributed by atoms with Gasteiger partial charge in [0.05, 0.1) is 11.1 Å². The summed E-state index contributed by atoms with van der Waals surface area (Å²) in [6, 6.07) is 3.69. The highest BCUT2D eigenvalue weighted by Gasteiger charge is 2.20. The topological polar surface area (TPSA) is 42.9 Å². The summed E-state index contributed by atoms with van der Waals surface area (Å²) in [5, 5.41) is 0.453. The summed E-state index contributed by atoms with van der Waals surface area (Å²) < 4.78 is 0.